The summed E-state index contributed by atoms with van der Waals surface area (Å²) in [7, 11) is -1.06. The highest BCUT2D eigenvalue weighted by molar-refractivity contribution is 8.36. The van der Waals surface area contributed by atoms with Gasteiger partial charge in [0, 0.05) is 29.3 Å². The van der Waals surface area contributed by atoms with Crippen molar-refractivity contribution in [1.29, 1.82) is 0 Å². The number of carbonyl (C=O) groups is 2. The van der Waals surface area contributed by atoms with Gasteiger partial charge in [-0.15, -0.1) is 23.2 Å². The van der Waals surface area contributed by atoms with Crippen LogP contribution in [0.3, 0.4) is 0 Å². The van der Waals surface area contributed by atoms with Gasteiger partial charge in [0.2, 0.25) is 5.91 Å². The molecular weight excluding hydrogens is 589 g/mol. The van der Waals surface area contributed by atoms with Gasteiger partial charge < -0.3 is 10.6 Å². The molecular formula is C28H25Cl4FN2O2S. The minimum absolute atomic E-state index is 0.151. The fraction of sp³-hybridized carbons (Fsp3) is 0.286. The zero-order valence-electron chi connectivity index (χ0n) is 20.7. The van der Waals surface area contributed by atoms with Crippen molar-refractivity contribution in [1.82, 2.24) is 5.32 Å². The largest absolute Gasteiger partial charge is 0.326 e. The molecule has 0 heterocycles. The summed E-state index contributed by atoms with van der Waals surface area (Å²) in [5.74, 6) is 1.04. The van der Waals surface area contributed by atoms with E-state index in [1.165, 1.54) is 24.3 Å². The van der Waals surface area contributed by atoms with E-state index in [0.29, 0.717) is 22.0 Å². The normalized spacial score (nSPS) is 22.0. The predicted octanol–water partition coefficient (Wildman–Crippen LogP) is 7.43. The zero-order chi connectivity index (χ0) is 27.8. The number of anilines is 1. The molecule has 1 fully saturated rings. The molecule has 2 aliphatic rings. The van der Waals surface area contributed by atoms with E-state index in [4.69, 9.17) is 46.4 Å². The van der Waals surface area contributed by atoms with Crippen LogP contribution in [0, 0.1) is 17.1 Å². The van der Waals surface area contributed by atoms with Crippen molar-refractivity contribution in [2.24, 2.45) is 5.92 Å². The fourth-order valence-electron chi connectivity index (χ4n) is 3.99. The molecule has 1 saturated carbocycles. The fourth-order valence-corrected chi connectivity index (χ4v) is 5.60. The molecule has 2 aromatic carbocycles. The Balaban J connectivity index is 1.50. The minimum atomic E-state index is -1.32. The Labute approximate surface area is 243 Å². The second-order valence-corrected chi connectivity index (χ2v) is 16.0. The molecule has 0 aromatic heterocycles. The maximum Gasteiger partial charge on any atom is 0.257 e. The van der Waals surface area contributed by atoms with E-state index in [1.54, 1.807) is 24.3 Å². The van der Waals surface area contributed by atoms with Crippen LogP contribution in [-0.2, 0) is 4.79 Å². The third-order valence-corrected chi connectivity index (χ3v) is 8.28. The number of benzene rings is 2. The van der Waals surface area contributed by atoms with Gasteiger partial charge in [0.05, 0.1) is 21.5 Å². The van der Waals surface area contributed by atoms with Gasteiger partial charge in [0.1, 0.15) is 10.5 Å². The summed E-state index contributed by atoms with van der Waals surface area (Å²) in [5, 5.41) is 9.42. The molecule has 2 aliphatic carbocycles. The Bertz CT molecular complexity index is 1420. The molecule has 3 atom stereocenters. The lowest BCUT2D eigenvalue weighted by Gasteiger charge is -2.15. The first-order valence-electron chi connectivity index (χ1n) is 11.6. The lowest BCUT2D eigenvalue weighted by molar-refractivity contribution is -0.117. The Morgan fingerprint density at radius 3 is 2.42 bits per heavy atom. The number of amides is 2. The van der Waals surface area contributed by atoms with Crippen molar-refractivity contribution < 1.29 is 14.0 Å². The molecule has 10 heteroatoms. The molecule has 0 spiro atoms. The standard InChI is InChI=1S/C28H25Cl4FN2O2S/c1-38(2,3)13-12-16-14-17(4-10-22(16)29)24-25(28(24,31)32)27(37)35-20-9-11-23(30)21(15-20)26(36)34-19-7-5-18(33)6-8-19/h4-5,7-11,14-15,18,24-25H,6H2,1-3H3,(H,34,36)(H,35,37). The third kappa shape index (κ3) is 6.70. The lowest BCUT2D eigenvalue weighted by atomic mass is 10.1. The van der Waals surface area contributed by atoms with Crippen LogP contribution in [0.5, 0.6) is 0 Å². The third-order valence-electron chi connectivity index (χ3n) is 5.96. The predicted molar refractivity (Wildman–Crippen MR) is 159 cm³/mol. The molecule has 0 bridgehead atoms. The van der Waals surface area contributed by atoms with E-state index in [2.05, 4.69) is 40.6 Å². The molecule has 3 unspecified atom stereocenters. The molecule has 200 valence electrons. The van der Waals surface area contributed by atoms with Crippen LogP contribution < -0.4 is 10.6 Å². The molecule has 0 aliphatic heterocycles. The van der Waals surface area contributed by atoms with Crippen LogP contribution >= 0.6 is 56.4 Å². The smallest absolute Gasteiger partial charge is 0.257 e. The van der Waals surface area contributed by atoms with Gasteiger partial charge >= 0.3 is 0 Å². The zero-order valence-corrected chi connectivity index (χ0v) is 24.6. The first kappa shape index (κ1) is 28.9. The highest BCUT2D eigenvalue weighted by Gasteiger charge is 2.67. The highest BCUT2D eigenvalue weighted by atomic mass is 35.5. The Hall–Kier alpha value is -2.14. The van der Waals surface area contributed by atoms with Gasteiger partial charge in [0.15, 0.2) is 0 Å². The van der Waals surface area contributed by atoms with Crippen molar-refractivity contribution in [2.45, 2.75) is 22.8 Å². The summed E-state index contributed by atoms with van der Waals surface area (Å²) in [5.41, 5.74) is 2.39. The summed E-state index contributed by atoms with van der Waals surface area (Å²) in [6.07, 6.45) is 9.81. The molecule has 38 heavy (non-hydrogen) atoms. The number of alkyl halides is 3. The molecule has 4 rings (SSSR count). The Morgan fingerprint density at radius 1 is 1.05 bits per heavy atom. The first-order chi connectivity index (χ1) is 17.8. The average Bonchev–Trinajstić information content (AvgIpc) is 3.42. The summed E-state index contributed by atoms with van der Waals surface area (Å²) in [6.45, 7) is 0. The van der Waals surface area contributed by atoms with Gasteiger partial charge in [-0.1, -0.05) is 41.3 Å². The highest BCUT2D eigenvalue weighted by Crippen LogP contribution is 2.65. The number of rotatable bonds is 5. The molecule has 2 aromatic rings. The number of nitrogens with one attached hydrogen (secondary N) is 2. The molecule has 0 radical (unpaired) electrons. The van der Waals surface area contributed by atoms with Crippen LogP contribution in [0.1, 0.15) is 33.8 Å². The maximum atomic E-state index is 13.3. The average molecular weight is 614 g/mol. The van der Waals surface area contributed by atoms with E-state index in [0.717, 1.165) is 5.56 Å². The van der Waals surface area contributed by atoms with Gasteiger partial charge in [-0.05, 0) is 72.1 Å². The van der Waals surface area contributed by atoms with Crippen LogP contribution in [0.4, 0.5) is 10.1 Å². The number of hydrogen-bond acceptors (Lipinski definition) is 2. The topological polar surface area (TPSA) is 58.2 Å². The van der Waals surface area contributed by atoms with E-state index in [9.17, 15) is 14.0 Å². The van der Waals surface area contributed by atoms with Gasteiger partial charge in [-0.3, -0.25) is 9.59 Å². The number of halogens is 5. The SMILES string of the molecule is CS(C)(C)C#Cc1cc(C2C(C(=O)Nc3ccc(Cl)c(C(=O)NC4=CCC(F)C=C4)c3)C2(Cl)Cl)ccc1Cl. The Kier molecular flexibility index (Phi) is 8.47. The van der Waals surface area contributed by atoms with E-state index in [1.807, 2.05) is 6.07 Å². The molecule has 2 amide bonds. The van der Waals surface area contributed by atoms with Gasteiger partial charge in [-0.2, -0.15) is 10.0 Å². The van der Waals surface area contributed by atoms with E-state index in [-0.39, 0.29) is 17.0 Å². The summed E-state index contributed by atoms with van der Waals surface area (Å²) < 4.78 is 12.0. The van der Waals surface area contributed by atoms with Gasteiger partial charge in [0.25, 0.3) is 5.91 Å². The van der Waals surface area contributed by atoms with Crippen LogP contribution in [0.15, 0.2) is 60.3 Å². The van der Waals surface area contributed by atoms with Crippen LogP contribution in [0.2, 0.25) is 10.0 Å². The van der Waals surface area contributed by atoms with E-state index < -0.39 is 44.2 Å². The van der Waals surface area contributed by atoms with Crippen molar-refractivity contribution in [3.63, 3.8) is 0 Å². The van der Waals surface area contributed by atoms with Crippen molar-refractivity contribution >= 4 is 73.9 Å². The lowest BCUT2D eigenvalue weighted by Crippen LogP contribution is -2.24. The molecule has 0 saturated heterocycles. The first-order valence-corrected chi connectivity index (χ1v) is 16.0. The van der Waals surface area contributed by atoms with Crippen molar-refractivity contribution in [2.75, 3.05) is 24.1 Å². The van der Waals surface area contributed by atoms with Crippen molar-refractivity contribution in [3.8, 4) is 11.2 Å². The maximum absolute atomic E-state index is 13.3. The molecule has 4 nitrogen and oxygen atoms in total. The van der Waals surface area contributed by atoms with E-state index >= 15 is 0 Å². The molecule has 2 N–H and O–H groups in total. The second-order valence-electron chi connectivity index (χ2n) is 9.84. The number of hydrogen-bond donors (Lipinski definition) is 2. The summed E-state index contributed by atoms with van der Waals surface area (Å²) in [6, 6.07) is 9.89. The van der Waals surface area contributed by atoms with Crippen molar-refractivity contribution in [3.05, 3.63) is 87.1 Å². The number of allylic oxidation sites excluding steroid dienone is 3. The monoisotopic (exact) mass is 612 g/mol. The van der Waals surface area contributed by atoms with Crippen LogP contribution in [0.25, 0.3) is 0 Å². The Morgan fingerprint density at radius 2 is 1.76 bits per heavy atom. The second kappa shape index (κ2) is 11.2. The van der Waals surface area contributed by atoms with Crippen LogP contribution in [-0.4, -0.2) is 41.1 Å². The quantitative estimate of drug-likeness (QED) is 0.272. The number of carbonyl (C=O) groups excluding carboxylic acids is 2. The van der Waals surface area contributed by atoms with Gasteiger partial charge in [-0.25, -0.2) is 4.39 Å². The summed E-state index contributed by atoms with van der Waals surface area (Å²) in [4.78, 5) is 26.0. The minimum Gasteiger partial charge on any atom is -0.326 e. The summed E-state index contributed by atoms with van der Waals surface area (Å²) >= 11 is 25.7.